The molecule has 0 unspecified atom stereocenters. The van der Waals surface area contributed by atoms with Gasteiger partial charge >= 0.3 is 0 Å². The van der Waals surface area contributed by atoms with E-state index in [-0.39, 0.29) is 5.91 Å². The van der Waals surface area contributed by atoms with Crippen molar-refractivity contribution in [2.75, 3.05) is 0 Å². The van der Waals surface area contributed by atoms with Crippen molar-refractivity contribution < 1.29 is 4.79 Å². The summed E-state index contributed by atoms with van der Waals surface area (Å²) in [6.45, 7) is 0. The molecule has 0 saturated heterocycles. The Hall–Kier alpha value is -2.39. The smallest absolute Gasteiger partial charge is 0.266 e. The summed E-state index contributed by atoms with van der Waals surface area (Å²) in [5.41, 5.74) is 2.08. The highest BCUT2D eigenvalue weighted by atomic mass is 32.2. The Morgan fingerprint density at radius 1 is 0.905 bits per heavy atom. The van der Waals surface area contributed by atoms with Crippen LogP contribution in [0.15, 0.2) is 82.7 Å². The predicted octanol–water partition coefficient (Wildman–Crippen LogP) is 4.30. The third-order valence-electron chi connectivity index (χ3n) is 2.98. The van der Waals surface area contributed by atoms with E-state index in [4.69, 9.17) is 0 Å². The Balaban J connectivity index is 1.73. The van der Waals surface area contributed by atoms with Gasteiger partial charge in [-0.05, 0) is 11.6 Å². The van der Waals surface area contributed by atoms with Crippen LogP contribution in [0.25, 0.3) is 6.08 Å². The summed E-state index contributed by atoms with van der Waals surface area (Å²) >= 11 is 1.42. The van der Waals surface area contributed by atoms with Gasteiger partial charge in [0.2, 0.25) is 0 Å². The standard InChI is InChI=1S/C18H13NOS/c20-17-16(13-7-10-14-8-3-1-4-9-14)21-18(19-17)15-11-5-2-6-12-15/h1-13H. The van der Waals surface area contributed by atoms with Crippen molar-refractivity contribution in [1.29, 1.82) is 0 Å². The largest absolute Gasteiger partial charge is 0.284 e. The molecule has 0 atom stereocenters. The minimum Gasteiger partial charge on any atom is -0.266 e. The highest BCUT2D eigenvalue weighted by molar-refractivity contribution is 8.19. The highest BCUT2D eigenvalue weighted by Gasteiger charge is 2.21. The van der Waals surface area contributed by atoms with Crippen molar-refractivity contribution in [3.8, 4) is 0 Å². The third kappa shape index (κ3) is 3.38. The molecule has 2 nitrogen and oxygen atoms in total. The van der Waals surface area contributed by atoms with Crippen molar-refractivity contribution in [3.05, 3.63) is 88.8 Å². The van der Waals surface area contributed by atoms with E-state index in [1.165, 1.54) is 11.8 Å². The lowest BCUT2D eigenvalue weighted by molar-refractivity contribution is -0.113. The van der Waals surface area contributed by atoms with Gasteiger partial charge in [-0.3, -0.25) is 4.79 Å². The first-order valence-electron chi connectivity index (χ1n) is 6.62. The van der Waals surface area contributed by atoms with Crippen molar-refractivity contribution >= 4 is 28.8 Å². The first-order chi connectivity index (χ1) is 10.3. The van der Waals surface area contributed by atoms with Crippen LogP contribution in [0.4, 0.5) is 0 Å². The Morgan fingerprint density at radius 3 is 2.29 bits per heavy atom. The SMILES string of the molecule is O=C1N=C(c2ccccc2)SC1=CC=Cc1ccccc1. The predicted molar refractivity (Wildman–Crippen MR) is 89.1 cm³/mol. The molecule has 1 amide bonds. The fraction of sp³-hybridized carbons (Fsp3) is 0. The molecule has 0 saturated carbocycles. The molecule has 3 rings (SSSR count). The number of carbonyl (C=O) groups excluding carboxylic acids is 1. The molecule has 3 heteroatoms. The number of hydrogen-bond acceptors (Lipinski definition) is 2. The van der Waals surface area contributed by atoms with Gasteiger partial charge in [0.1, 0.15) is 5.04 Å². The average molecular weight is 291 g/mol. The van der Waals surface area contributed by atoms with Crippen LogP contribution in [-0.4, -0.2) is 11.0 Å². The second-order valence-electron chi connectivity index (χ2n) is 4.49. The molecule has 2 aromatic rings. The summed E-state index contributed by atoms with van der Waals surface area (Å²) in [6, 6.07) is 19.7. The Morgan fingerprint density at radius 2 is 1.57 bits per heavy atom. The van der Waals surface area contributed by atoms with Crippen LogP contribution < -0.4 is 0 Å². The van der Waals surface area contributed by atoms with E-state index < -0.39 is 0 Å². The summed E-state index contributed by atoms with van der Waals surface area (Å²) in [4.78, 5) is 16.6. The van der Waals surface area contributed by atoms with Gasteiger partial charge in [0, 0.05) is 5.56 Å². The topological polar surface area (TPSA) is 29.4 Å². The van der Waals surface area contributed by atoms with E-state index in [1.807, 2.05) is 78.9 Å². The molecular formula is C18H13NOS. The molecule has 1 aliphatic heterocycles. The molecule has 102 valence electrons. The number of thioether (sulfide) groups is 1. The van der Waals surface area contributed by atoms with Gasteiger partial charge in [0.05, 0.1) is 4.91 Å². The van der Waals surface area contributed by atoms with Crippen molar-refractivity contribution in [1.82, 2.24) is 0 Å². The van der Waals surface area contributed by atoms with E-state index in [2.05, 4.69) is 4.99 Å². The zero-order chi connectivity index (χ0) is 14.5. The van der Waals surface area contributed by atoms with Crippen LogP contribution in [0.2, 0.25) is 0 Å². The zero-order valence-corrected chi connectivity index (χ0v) is 12.1. The number of allylic oxidation sites excluding steroid dienone is 2. The minimum absolute atomic E-state index is 0.170. The Bertz CT molecular complexity index is 730. The molecule has 1 heterocycles. The Labute approximate surface area is 127 Å². The first kappa shape index (κ1) is 13.6. The summed E-state index contributed by atoms with van der Waals surface area (Å²) in [7, 11) is 0. The maximum atomic E-state index is 11.9. The maximum Gasteiger partial charge on any atom is 0.284 e. The van der Waals surface area contributed by atoms with Crippen LogP contribution in [-0.2, 0) is 4.79 Å². The number of nitrogens with zero attached hydrogens (tertiary/aromatic N) is 1. The average Bonchev–Trinajstić information content (AvgIpc) is 2.91. The molecule has 0 aliphatic carbocycles. The van der Waals surface area contributed by atoms with Gasteiger partial charge in [-0.25, -0.2) is 4.99 Å². The second-order valence-corrected chi connectivity index (χ2v) is 5.52. The van der Waals surface area contributed by atoms with E-state index in [9.17, 15) is 4.79 Å². The van der Waals surface area contributed by atoms with Crippen molar-refractivity contribution in [2.24, 2.45) is 4.99 Å². The molecule has 2 aromatic carbocycles. The summed E-state index contributed by atoms with van der Waals surface area (Å²) < 4.78 is 0. The van der Waals surface area contributed by atoms with Crippen LogP contribution in [0.1, 0.15) is 11.1 Å². The molecule has 0 aromatic heterocycles. The molecule has 0 spiro atoms. The van der Waals surface area contributed by atoms with Gasteiger partial charge < -0.3 is 0 Å². The van der Waals surface area contributed by atoms with Crippen LogP contribution in [0.5, 0.6) is 0 Å². The van der Waals surface area contributed by atoms with E-state index in [1.54, 1.807) is 0 Å². The van der Waals surface area contributed by atoms with Crippen molar-refractivity contribution in [3.63, 3.8) is 0 Å². The van der Waals surface area contributed by atoms with Crippen LogP contribution in [0, 0.1) is 0 Å². The molecule has 0 N–H and O–H groups in total. The third-order valence-corrected chi connectivity index (χ3v) is 4.03. The zero-order valence-electron chi connectivity index (χ0n) is 11.3. The van der Waals surface area contributed by atoms with Crippen LogP contribution in [0.3, 0.4) is 0 Å². The fourth-order valence-electron chi connectivity index (χ4n) is 1.94. The van der Waals surface area contributed by atoms with Gasteiger partial charge in [0.25, 0.3) is 5.91 Å². The number of rotatable bonds is 3. The van der Waals surface area contributed by atoms with Gasteiger partial charge in [-0.15, -0.1) is 0 Å². The molecule has 21 heavy (non-hydrogen) atoms. The number of hydrogen-bond donors (Lipinski definition) is 0. The van der Waals surface area contributed by atoms with E-state index in [0.29, 0.717) is 4.91 Å². The normalized spacial score (nSPS) is 16.7. The quantitative estimate of drug-likeness (QED) is 0.789. The van der Waals surface area contributed by atoms with E-state index in [0.717, 1.165) is 16.2 Å². The summed E-state index contributed by atoms with van der Waals surface area (Å²) in [6.07, 6.45) is 5.68. The number of aliphatic imine (C=N–C) groups is 1. The lowest BCUT2D eigenvalue weighted by atomic mass is 10.2. The Kier molecular flexibility index (Phi) is 4.12. The number of carbonyl (C=O) groups is 1. The molecule has 0 bridgehead atoms. The molecule has 0 fully saturated rings. The highest BCUT2D eigenvalue weighted by Crippen LogP contribution is 2.30. The monoisotopic (exact) mass is 291 g/mol. The fourth-order valence-corrected chi connectivity index (χ4v) is 2.81. The molecular weight excluding hydrogens is 278 g/mol. The number of benzene rings is 2. The van der Waals surface area contributed by atoms with Crippen molar-refractivity contribution in [2.45, 2.75) is 0 Å². The summed E-state index contributed by atoms with van der Waals surface area (Å²) in [5.74, 6) is -0.170. The number of amides is 1. The van der Waals surface area contributed by atoms with E-state index >= 15 is 0 Å². The maximum absolute atomic E-state index is 11.9. The van der Waals surface area contributed by atoms with Gasteiger partial charge in [-0.1, -0.05) is 84.6 Å². The van der Waals surface area contributed by atoms with Crippen LogP contribution >= 0.6 is 11.8 Å². The first-order valence-corrected chi connectivity index (χ1v) is 7.44. The lowest BCUT2D eigenvalue weighted by Crippen LogP contribution is -1.89. The second kappa shape index (κ2) is 6.37. The molecule has 1 aliphatic rings. The summed E-state index contributed by atoms with van der Waals surface area (Å²) in [5, 5.41) is 0.764. The minimum atomic E-state index is -0.170. The van der Waals surface area contributed by atoms with Gasteiger partial charge in [0.15, 0.2) is 0 Å². The lowest BCUT2D eigenvalue weighted by Gasteiger charge is -1.97. The van der Waals surface area contributed by atoms with Gasteiger partial charge in [-0.2, -0.15) is 0 Å². The molecule has 0 radical (unpaired) electrons.